The number of rotatable bonds is 7. The molecule has 0 heterocycles. The fourth-order valence-electron chi connectivity index (χ4n) is 1.70. The zero-order valence-electron chi connectivity index (χ0n) is 11.7. The number of nitrogens with zero attached hydrogens (tertiary/aromatic N) is 1. The highest BCUT2D eigenvalue weighted by Gasteiger charge is 2.23. The molecule has 0 saturated heterocycles. The largest absolute Gasteiger partial charge is 0.326 e. The Balaban J connectivity index is 2.77. The average Bonchev–Trinajstić information content (AvgIpc) is 2.38. The molecular weight excluding hydrogens is 280 g/mol. The highest BCUT2D eigenvalue weighted by atomic mass is 32.2. The molecule has 108 valence electrons. The second kappa shape index (κ2) is 7.28. The average molecular weight is 302 g/mol. The second-order valence-corrected chi connectivity index (χ2v) is 7.54. The molecule has 0 bridgehead atoms. The number of hydrogen-bond donors (Lipinski definition) is 1. The lowest BCUT2D eigenvalue weighted by Crippen LogP contribution is -2.37. The molecule has 0 radical (unpaired) electrons. The van der Waals surface area contributed by atoms with Gasteiger partial charge in [0.25, 0.3) is 0 Å². The predicted octanol–water partition coefficient (Wildman–Crippen LogP) is 1.66. The van der Waals surface area contributed by atoms with Crippen LogP contribution in [0.4, 0.5) is 0 Å². The third-order valence-corrected chi connectivity index (χ3v) is 5.83. The topological polar surface area (TPSA) is 63.4 Å². The van der Waals surface area contributed by atoms with Gasteiger partial charge < -0.3 is 5.73 Å². The molecule has 2 N–H and O–H groups in total. The van der Waals surface area contributed by atoms with E-state index < -0.39 is 10.0 Å². The molecule has 0 aliphatic heterocycles. The second-order valence-electron chi connectivity index (χ2n) is 4.60. The standard InChI is InChI=1S/C13H22N2O2S2/c1-11(9-18-3)15(2)19(16,17)10-13-6-4-12(8-14)5-7-13/h4-7,11H,8-10,14H2,1-3H3. The van der Waals surface area contributed by atoms with Crippen LogP contribution in [0.3, 0.4) is 0 Å². The Morgan fingerprint density at radius 2 is 1.79 bits per heavy atom. The van der Waals surface area contributed by atoms with Crippen molar-refractivity contribution in [1.29, 1.82) is 0 Å². The van der Waals surface area contributed by atoms with Crippen molar-refractivity contribution in [1.82, 2.24) is 4.31 Å². The maximum atomic E-state index is 12.3. The lowest BCUT2D eigenvalue weighted by molar-refractivity contribution is 0.414. The van der Waals surface area contributed by atoms with Crippen molar-refractivity contribution in [3.8, 4) is 0 Å². The Morgan fingerprint density at radius 1 is 1.26 bits per heavy atom. The summed E-state index contributed by atoms with van der Waals surface area (Å²) in [6, 6.07) is 7.40. The van der Waals surface area contributed by atoms with Crippen molar-refractivity contribution in [2.24, 2.45) is 5.73 Å². The normalized spacial score (nSPS) is 13.7. The van der Waals surface area contributed by atoms with Gasteiger partial charge in [0.1, 0.15) is 0 Å². The number of sulfonamides is 1. The third kappa shape index (κ3) is 4.80. The molecule has 1 atom stereocenters. The summed E-state index contributed by atoms with van der Waals surface area (Å²) in [6.45, 7) is 2.39. The summed E-state index contributed by atoms with van der Waals surface area (Å²) in [4.78, 5) is 0. The first-order valence-electron chi connectivity index (χ1n) is 6.13. The summed E-state index contributed by atoms with van der Waals surface area (Å²) in [6.07, 6.45) is 1.97. The monoisotopic (exact) mass is 302 g/mol. The van der Waals surface area contributed by atoms with E-state index in [4.69, 9.17) is 5.73 Å². The fraction of sp³-hybridized carbons (Fsp3) is 0.538. The van der Waals surface area contributed by atoms with Gasteiger partial charge >= 0.3 is 0 Å². The number of nitrogens with two attached hydrogens (primary N) is 1. The minimum atomic E-state index is -3.27. The maximum Gasteiger partial charge on any atom is 0.218 e. The molecule has 1 unspecified atom stereocenters. The summed E-state index contributed by atoms with van der Waals surface area (Å²) >= 11 is 1.65. The molecule has 0 fully saturated rings. The van der Waals surface area contributed by atoms with Crippen molar-refractivity contribution in [3.05, 3.63) is 35.4 Å². The van der Waals surface area contributed by atoms with Gasteiger partial charge in [-0.1, -0.05) is 24.3 Å². The van der Waals surface area contributed by atoms with E-state index in [9.17, 15) is 8.42 Å². The lowest BCUT2D eigenvalue weighted by Gasteiger charge is -2.23. The van der Waals surface area contributed by atoms with Gasteiger partial charge in [-0.25, -0.2) is 12.7 Å². The molecule has 0 saturated carbocycles. The Bertz CT molecular complexity index is 486. The molecule has 1 aromatic carbocycles. The number of thioether (sulfide) groups is 1. The maximum absolute atomic E-state index is 12.3. The van der Waals surface area contributed by atoms with E-state index in [1.54, 1.807) is 18.8 Å². The molecule has 0 aliphatic carbocycles. The summed E-state index contributed by atoms with van der Waals surface area (Å²) in [5.74, 6) is 0.828. The van der Waals surface area contributed by atoms with Crippen LogP contribution in [0, 0.1) is 0 Å². The van der Waals surface area contributed by atoms with Crippen LogP contribution < -0.4 is 5.73 Å². The Hall–Kier alpha value is -0.560. The van der Waals surface area contributed by atoms with Gasteiger partial charge in [-0.05, 0) is 24.3 Å². The molecule has 1 rings (SSSR count). The van der Waals surface area contributed by atoms with E-state index in [2.05, 4.69) is 0 Å². The first-order chi connectivity index (χ1) is 8.90. The summed E-state index contributed by atoms with van der Waals surface area (Å²) < 4.78 is 26.0. The first-order valence-corrected chi connectivity index (χ1v) is 9.13. The quantitative estimate of drug-likeness (QED) is 0.832. The molecule has 19 heavy (non-hydrogen) atoms. The molecule has 0 aliphatic rings. The Kier molecular flexibility index (Phi) is 6.32. The Morgan fingerprint density at radius 3 is 2.26 bits per heavy atom. The smallest absolute Gasteiger partial charge is 0.218 e. The van der Waals surface area contributed by atoms with Gasteiger partial charge in [0.15, 0.2) is 0 Å². The van der Waals surface area contributed by atoms with Crippen molar-refractivity contribution in [3.63, 3.8) is 0 Å². The van der Waals surface area contributed by atoms with Crippen LogP contribution in [0.25, 0.3) is 0 Å². The van der Waals surface area contributed by atoms with E-state index >= 15 is 0 Å². The van der Waals surface area contributed by atoms with Gasteiger partial charge in [-0.15, -0.1) is 0 Å². The SMILES string of the molecule is CSCC(C)N(C)S(=O)(=O)Cc1ccc(CN)cc1. The van der Waals surface area contributed by atoms with Crippen LogP contribution in [0.1, 0.15) is 18.1 Å². The van der Waals surface area contributed by atoms with Crippen LogP contribution >= 0.6 is 11.8 Å². The molecule has 0 aromatic heterocycles. The highest BCUT2D eigenvalue weighted by Crippen LogP contribution is 2.14. The minimum absolute atomic E-state index is 0.00307. The van der Waals surface area contributed by atoms with E-state index in [1.807, 2.05) is 37.4 Å². The third-order valence-electron chi connectivity index (χ3n) is 3.08. The van der Waals surface area contributed by atoms with Crippen molar-refractivity contribution in [2.45, 2.75) is 25.3 Å². The molecular formula is C13H22N2O2S2. The molecule has 6 heteroatoms. The minimum Gasteiger partial charge on any atom is -0.326 e. The number of hydrogen-bond acceptors (Lipinski definition) is 4. The lowest BCUT2D eigenvalue weighted by atomic mass is 10.1. The van der Waals surface area contributed by atoms with Gasteiger partial charge in [0, 0.05) is 25.4 Å². The summed E-state index contributed by atoms with van der Waals surface area (Å²) in [5.41, 5.74) is 7.32. The Labute approximate surface area is 120 Å². The van der Waals surface area contributed by atoms with Gasteiger partial charge in [-0.2, -0.15) is 11.8 Å². The summed E-state index contributed by atoms with van der Waals surface area (Å²) in [5, 5.41) is 0. The van der Waals surface area contributed by atoms with E-state index in [-0.39, 0.29) is 11.8 Å². The van der Waals surface area contributed by atoms with Crippen LogP contribution in [0.2, 0.25) is 0 Å². The van der Waals surface area contributed by atoms with Crippen molar-refractivity contribution >= 4 is 21.8 Å². The van der Waals surface area contributed by atoms with Gasteiger partial charge in [-0.3, -0.25) is 0 Å². The van der Waals surface area contributed by atoms with E-state index in [1.165, 1.54) is 4.31 Å². The highest BCUT2D eigenvalue weighted by molar-refractivity contribution is 7.98. The fourth-order valence-corrected chi connectivity index (χ4v) is 3.94. The van der Waals surface area contributed by atoms with Crippen LogP contribution in [-0.4, -0.2) is 37.8 Å². The summed E-state index contributed by atoms with van der Waals surface area (Å²) in [7, 11) is -1.62. The van der Waals surface area contributed by atoms with Gasteiger partial charge in [0.05, 0.1) is 5.75 Å². The van der Waals surface area contributed by atoms with Crippen LogP contribution in [-0.2, 0) is 22.3 Å². The number of benzene rings is 1. The molecule has 0 spiro atoms. The molecule has 1 aromatic rings. The van der Waals surface area contributed by atoms with Crippen LogP contribution in [0.15, 0.2) is 24.3 Å². The van der Waals surface area contributed by atoms with Crippen LogP contribution in [0.5, 0.6) is 0 Å². The zero-order valence-corrected chi connectivity index (χ0v) is 13.3. The molecule has 0 amide bonds. The predicted molar refractivity (Wildman–Crippen MR) is 82.6 cm³/mol. The van der Waals surface area contributed by atoms with Crippen molar-refractivity contribution < 1.29 is 8.42 Å². The van der Waals surface area contributed by atoms with E-state index in [0.717, 1.165) is 16.9 Å². The first kappa shape index (κ1) is 16.5. The molecule has 4 nitrogen and oxygen atoms in total. The zero-order chi connectivity index (χ0) is 14.5. The van der Waals surface area contributed by atoms with Crippen molar-refractivity contribution in [2.75, 3.05) is 19.1 Å². The van der Waals surface area contributed by atoms with Gasteiger partial charge in [0.2, 0.25) is 10.0 Å². The van der Waals surface area contributed by atoms with E-state index in [0.29, 0.717) is 6.54 Å².